The molecule has 1 fully saturated rings. The second kappa shape index (κ2) is 6.29. The maximum absolute atomic E-state index is 12.5. The van der Waals surface area contributed by atoms with Gasteiger partial charge in [-0.1, -0.05) is 6.07 Å². The number of alkyl halides is 3. The van der Waals surface area contributed by atoms with Gasteiger partial charge in [0.25, 0.3) is 0 Å². The highest BCUT2D eigenvalue weighted by molar-refractivity contribution is 7.88. The average molecular weight is 407 g/mol. The Labute approximate surface area is 155 Å². The first-order valence-corrected chi connectivity index (χ1v) is 9.84. The van der Waals surface area contributed by atoms with Gasteiger partial charge in [-0.05, 0) is 63.3 Å². The van der Waals surface area contributed by atoms with Gasteiger partial charge in [-0.3, -0.25) is 4.90 Å². The molecule has 3 rings (SSSR count). The van der Waals surface area contributed by atoms with Crippen LogP contribution in [0, 0.1) is 0 Å². The minimum Gasteiger partial charge on any atom is -0.444 e. The number of rotatable bonds is 2. The summed E-state index contributed by atoms with van der Waals surface area (Å²) in [6.07, 6.45) is 1.41. The molecule has 1 aromatic rings. The van der Waals surface area contributed by atoms with Gasteiger partial charge in [0, 0.05) is 6.04 Å². The molecule has 27 heavy (non-hydrogen) atoms. The van der Waals surface area contributed by atoms with Crippen LogP contribution in [0.25, 0.3) is 0 Å². The fraction of sp³-hybridized carbons (Fsp3) is 0.588. The molecule has 0 radical (unpaired) electrons. The van der Waals surface area contributed by atoms with Crippen molar-refractivity contribution >= 4 is 16.2 Å². The van der Waals surface area contributed by atoms with E-state index >= 15 is 0 Å². The fourth-order valence-corrected chi connectivity index (χ4v) is 3.99. The summed E-state index contributed by atoms with van der Waals surface area (Å²) in [5.41, 5.74) is -4.68. The largest absolute Gasteiger partial charge is 0.534 e. The third-order valence-corrected chi connectivity index (χ3v) is 5.50. The second-order valence-electron chi connectivity index (χ2n) is 7.68. The molecule has 6 nitrogen and oxygen atoms in total. The maximum Gasteiger partial charge on any atom is 0.534 e. The molecule has 0 spiro atoms. The Morgan fingerprint density at radius 1 is 1.19 bits per heavy atom. The van der Waals surface area contributed by atoms with Crippen LogP contribution in [0.15, 0.2) is 18.2 Å². The molecule has 0 aliphatic carbocycles. The highest BCUT2D eigenvalue weighted by Gasteiger charge is 2.49. The van der Waals surface area contributed by atoms with Crippen molar-refractivity contribution in [3.63, 3.8) is 0 Å². The molecule has 2 heterocycles. The van der Waals surface area contributed by atoms with E-state index in [1.165, 1.54) is 18.2 Å². The highest BCUT2D eigenvalue weighted by atomic mass is 32.2. The van der Waals surface area contributed by atoms with Crippen molar-refractivity contribution in [3.8, 4) is 5.75 Å². The van der Waals surface area contributed by atoms with Crippen molar-refractivity contribution in [1.29, 1.82) is 0 Å². The summed E-state index contributed by atoms with van der Waals surface area (Å²) < 4.78 is 69.5. The van der Waals surface area contributed by atoms with Crippen molar-refractivity contribution in [2.75, 3.05) is 0 Å². The monoisotopic (exact) mass is 407 g/mol. The van der Waals surface area contributed by atoms with E-state index in [4.69, 9.17) is 4.74 Å². The van der Waals surface area contributed by atoms with E-state index in [0.29, 0.717) is 18.4 Å². The number of hydrogen-bond acceptors (Lipinski definition) is 5. The first-order chi connectivity index (χ1) is 12.3. The Hall–Kier alpha value is -1.97. The smallest absolute Gasteiger partial charge is 0.444 e. The van der Waals surface area contributed by atoms with Crippen LogP contribution in [-0.4, -0.2) is 36.6 Å². The molecule has 0 N–H and O–H groups in total. The summed E-state index contributed by atoms with van der Waals surface area (Å²) in [6.45, 7) is 5.32. The van der Waals surface area contributed by atoms with E-state index in [9.17, 15) is 26.4 Å². The zero-order chi connectivity index (χ0) is 20.2. The van der Waals surface area contributed by atoms with Gasteiger partial charge in [-0.25, -0.2) is 4.79 Å². The van der Waals surface area contributed by atoms with Crippen molar-refractivity contribution in [3.05, 3.63) is 29.3 Å². The summed E-state index contributed by atoms with van der Waals surface area (Å²) in [5, 5.41) is 0. The molecule has 0 aromatic heterocycles. The lowest BCUT2D eigenvalue weighted by atomic mass is 9.93. The van der Waals surface area contributed by atoms with Gasteiger partial charge in [0.2, 0.25) is 0 Å². The number of benzene rings is 1. The zero-order valence-corrected chi connectivity index (χ0v) is 15.9. The van der Waals surface area contributed by atoms with E-state index in [0.717, 1.165) is 12.0 Å². The number of carbonyl (C=O) groups excluding carboxylic acids is 1. The van der Waals surface area contributed by atoms with Crippen LogP contribution < -0.4 is 4.18 Å². The van der Waals surface area contributed by atoms with Crippen LogP contribution in [0.3, 0.4) is 0 Å². The third kappa shape index (κ3) is 3.85. The second-order valence-corrected chi connectivity index (χ2v) is 9.22. The summed E-state index contributed by atoms with van der Waals surface area (Å²) >= 11 is 0. The maximum atomic E-state index is 12.5. The molecule has 1 aromatic carbocycles. The van der Waals surface area contributed by atoms with Crippen LogP contribution in [0.2, 0.25) is 0 Å². The molecule has 2 aliphatic rings. The minimum absolute atomic E-state index is 0.146. The standard InChI is InChI=1S/C17H20F3NO5S/c1-16(2,3)25-15(22)21-11-4-7-14(21)13-6-5-12(9-10(13)8-11)26-27(23,24)17(18,19)20/h5-6,9,11,14H,4,7-8H2,1-3H3. The number of halogens is 3. The Balaban J connectivity index is 1.85. The van der Waals surface area contributed by atoms with Gasteiger partial charge in [-0.15, -0.1) is 0 Å². The van der Waals surface area contributed by atoms with Gasteiger partial charge < -0.3 is 8.92 Å². The number of amides is 1. The number of nitrogens with zero attached hydrogens (tertiary/aromatic N) is 1. The number of hydrogen-bond donors (Lipinski definition) is 0. The van der Waals surface area contributed by atoms with Crippen molar-refractivity contribution < 1.29 is 35.3 Å². The number of fused-ring (bicyclic) bond motifs is 4. The molecule has 2 aliphatic heterocycles. The van der Waals surface area contributed by atoms with Gasteiger partial charge in [0.15, 0.2) is 0 Å². The Kier molecular flexibility index (Phi) is 4.61. The average Bonchev–Trinajstić information content (AvgIpc) is 2.79. The molecule has 1 saturated heterocycles. The van der Waals surface area contributed by atoms with Crippen molar-refractivity contribution in [1.82, 2.24) is 4.90 Å². The first-order valence-electron chi connectivity index (χ1n) is 8.43. The lowest BCUT2D eigenvalue weighted by molar-refractivity contribution is -0.0500. The van der Waals surface area contributed by atoms with Gasteiger partial charge in [0.05, 0.1) is 6.04 Å². The summed E-state index contributed by atoms with van der Waals surface area (Å²) in [5.74, 6) is -0.392. The third-order valence-electron chi connectivity index (χ3n) is 4.53. The molecular weight excluding hydrogens is 387 g/mol. The van der Waals surface area contributed by atoms with Crippen LogP contribution in [-0.2, 0) is 21.3 Å². The molecule has 10 heteroatoms. The van der Waals surface area contributed by atoms with E-state index in [2.05, 4.69) is 4.18 Å². The van der Waals surface area contributed by atoms with Crippen LogP contribution in [0.1, 0.15) is 50.8 Å². The SMILES string of the molecule is CC(C)(C)OC(=O)N1C2CCC1c1ccc(OS(=O)(=O)C(F)(F)F)cc1C2. The van der Waals surface area contributed by atoms with Crippen LogP contribution in [0.4, 0.5) is 18.0 Å². The topological polar surface area (TPSA) is 72.9 Å². The van der Waals surface area contributed by atoms with E-state index in [1.54, 1.807) is 25.7 Å². The zero-order valence-electron chi connectivity index (χ0n) is 15.0. The van der Waals surface area contributed by atoms with Gasteiger partial charge >= 0.3 is 21.7 Å². The predicted octanol–water partition coefficient (Wildman–Crippen LogP) is 3.91. The van der Waals surface area contributed by atoms with Crippen LogP contribution in [0.5, 0.6) is 5.75 Å². The Morgan fingerprint density at radius 3 is 2.44 bits per heavy atom. The fourth-order valence-electron chi connectivity index (χ4n) is 3.54. The van der Waals surface area contributed by atoms with E-state index in [-0.39, 0.29) is 12.1 Å². The molecular formula is C17H20F3NO5S. The lowest BCUT2D eigenvalue weighted by Crippen LogP contribution is -2.44. The summed E-state index contributed by atoms with van der Waals surface area (Å²) in [4.78, 5) is 14.2. The van der Waals surface area contributed by atoms with E-state index in [1.807, 2.05) is 0 Å². The predicted molar refractivity (Wildman–Crippen MR) is 89.6 cm³/mol. The number of carbonyl (C=O) groups is 1. The minimum atomic E-state index is -5.72. The highest BCUT2D eigenvalue weighted by Crippen LogP contribution is 2.45. The lowest BCUT2D eigenvalue weighted by Gasteiger charge is -2.37. The molecule has 1 amide bonds. The van der Waals surface area contributed by atoms with Crippen molar-refractivity contribution in [2.24, 2.45) is 0 Å². The molecule has 150 valence electrons. The van der Waals surface area contributed by atoms with Crippen LogP contribution >= 0.6 is 0 Å². The molecule has 2 unspecified atom stereocenters. The van der Waals surface area contributed by atoms with Gasteiger partial charge in [-0.2, -0.15) is 21.6 Å². The first kappa shape index (κ1) is 19.8. The summed E-state index contributed by atoms with van der Waals surface area (Å²) in [7, 11) is -5.72. The normalized spacial score (nSPS) is 22.4. The van der Waals surface area contributed by atoms with E-state index < -0.39 is 33.1 Å². The summed E-state index contributed by atoms with van der Waals surface area (Å²) in [6, 6.07) is 3.60. The van der Waals surface area contributed by atoms with Gasteiger partial charge in [0.1, 0.15) is 11.4 Å². The quantitative estimate of drug-likeness (QED) is 0.549. The molecule has 2 atom stereocenters. The Morgan fingerprint density at radius 2 is 1.85 bits per heavy atom. The number of ether oxygens (including phenoxy) is 1. The van der Waals surface area contributed by atoms with Crippen molar-refractivity contribution in [2.45, 2.75) is 63.2 Å². The molecule has 0 saturated carbocycles. The molecule has 2 bridgehead atoms. The Bertz CT molecular complexity index is 860.